The van der Waals surface area contributed by atoms with Gasteiger partial charge in [-0.15, -0.1) is 0 Å². The van der Waals surface area contributed by atoms with Gasteiger partial charge in [0, 0.05) is 45.0 Å². The topological polar surface area (TPSA) is 56.4 Å². The first kappa shape index (κ1) is 16.3. The smallest absolute Gasteiger partial charge is 0.255 e. The number of nitrogens with one attached hydrogen (secondary N) is 1. The molecule has 0 atom stereocenters. The molecular weight excluding hydrogens is 302 g/mol. The van der Waals surface area contributed by atoms with Gasteiger partial charge in [0.15, 0.2) is 0 Å². The summed E-state index contributed by atoms with van der Waals surface area (Å²) < 4.78 is 0. The van der Waals surface area contributed by atoms with Crippen LogP contribution >= 0.6 is 0 Å². The fourth-order valence-corrected chi connectivity index (χ4v) is 2.96. The summed E-state index contributed by atoms with van der Waals surface area (Å²) in [5.41, 5.74) is 3.10. The van der Waals surface area contributed by atoms with Gasteiger partial charge in [-0.1, -0.05) is 29.8 Å². The van der Waals surface area contributed by atoms with Gasteiger partial charge in [0.1, 0.15) is 0 Å². The third kappa shape index (κ3) is 3.85. The van der Waals surface area contributed by atoms with E-state index in [4.69, 9.17) is 0 Å². The van der Waals surface area contributed by atoms with Crippen LogP contribution in [0.15, 0.2) is 42.7 Å². The molecule has 2 amide bonds. The van der Waals surface area contributed by atoms with Gasteiger partial charge < -0.3 is 14.8 Å². The standard InChI is InChI=1S/C19H23N3O2/c1-15-2-4-16(5-3-15)6-7-18(23)21-10-12-22(13-11-21)19(24)17-8-9-20-14-17/h2-5,8-9,14,20H,6-7,10-13H2,1H3. The van der Waals surface area contributed by atoms with Crippen molar-refractivity contribution < 1.29 is 9.59 Å². The number of hydrogen-bond acceptors (Lipinski definition) is 2. The predicted octanol–water partition coefficient (Wildman–Crippen LogP) is 2.24. The Hall–Kier alpha value is -2.56. The van der Waals surface area contributed by atoms with Crippen molar-refractivity contribution in [2.45, 2.75) is 19.8 Å². The fraction of sp³-hybridized carbons (Fsp3) is 0.368. The fourth-order valence-electron chi connectivity index (χ4n) is 2.96. The molecule has 5 heteroatoms. The van der Waals surface area contributed by atoms with Crippen LogP contribution in [-0.4, -0.2) is 52.8 Å². The zero-order valence-corrected chi connectivity index (χ0v) is 14.0. The van der Waals surface area contributed by atoms with Gasteiger partial charge in [-0.3, -0.25) is 9.59 Å². The molecule has 1 aliphatic rings. The lowest BCUT2D eigenvalue weighted by Gasteiger charge is -2.34. The van der Waals surface area contributed by atoms with Crippen molar-refractivity contribution in [1.29, 1.82) is 0 Å². The van der Waals surface area contributed by atoms with Crippen LogP contribution in [0.3, 0.4) is 0 Å². The summed E-state index contributed by atoms with van der Waals surface area (Å²) in [5, 5.41) is 0. The number of H-pyrrole nitrogens is 1. The van der Waals surface area contributed by atoms with Crippen molar-refractivity contribution in [3.8, 4) is 0 Å². The quantitative estimate of drug-likeness (QED) is 0.937. The molecule has 1 aliphatic heterocycles. The SMILES string of the molecule is Cc1ccc(CCC(=O)N2CCN(C(=O)c3cc[nH]c3)CC2)cc1. The molecule has 5 nitrogen and oxygen atoms in total. The Kier molecular flexibility index (Phi) is 4.99. The zero-order chi connectivity index (χ0) is 16.9. The molecule has 0 bridgehead atoms. The van der Waals surface area contributed by atoms with E-state index < -0.39 is 0 Å². The highest BCUT2D eigenvalue weighted by atomic mass is 16.2. The number of aromatic nitrogens is 1. The Morgan fingerprint density at radius 2 is 1.67 bits per heavy atom. The average molecular weight is 325 g/mol. The summed E-state index contributed by atoms with van der Waals surface area (Å²) >= 11 is 0. The minimum absolute atomic E-state index is 0.0306. The molecule has 3 rings (SSSR count). The first-order chi connectivity index (χ1) is 11.6. The molecule has 1 fully saturated rings. The zero-order valence-electron chi connectivity index (χ0n) is 14.0. The Balaban J connectivity index is 1.46. The number of benzene rings is 1. The molecule has 1 aromatic heterocycles. The second kappa shape index (κ2) is 7.34. The molecule has 24 heavy (non-hydrogen) atoms. The summed E-state index contributed by atoms with van der Waals surface area (Å²) in [7, 11) is 0. The Bertz CT molecular complexity index is 684. The molecule has 2 aromatic rings. The van der Waals surface area contributed by atoms with E-state index in [1.807, 2.05) is 9.80 Å². The minimum atomic E-state index is 0.0306. The minimum Gasteiger partial charge on any atom is -0.367 e. The van der Waals surface area contributed by atoms with E-state index in [2.05, 4.69) is 36.2 Å². The lowest BCUT2D eigenvalue weighted by molar-refractivity contribution is -0.132. The van der Waals surface area contributed by atoms with Gasteiger partial charge in [0.05, 0.1) is 5.56 Å². The van der Waals surface area contributed by atoms with E-state index in [1.165, 1.54) is 11.1 Å². The number of nitrogens with zero attached hydrogens (tertiary/aromatic N) is 2. The summed E-state index contributed by atoms with van der Waals surface area (Å²) in [6.07, 6.45) is 4.75. The van der Waals surface area contributed by atoms with Crippen molar-refractivity contribution in [1.82, 2.24) is 14.8 Å². The second-order valence-electron chi connectivity index (χ2n) is 6.26. The number of hydrogen-bond donors (Lipinski definition) is 1. The van der Waals surface area contributed by atoms with Crippen molar-refractivity contribution in [3.05, 3.63) is 59.4 Å². The first-order valence-corrected chi connectivity index (χ1v) is 8.39. The molecular formula is C19H23N3O2. The predicted molar refractivity (Wildman–Crippen MR) is 92.8 cm³/mol. The average Bonchev–Trinajstić information content (AvgIpc) is 3.15. The summed E-state index contributed by atoms with van der Waals surface area (Å²) in [6.45, 7) is 4.48. The third-order valence-electron chi connectivity index (χ3n) is 4.51. The van der Waals surface area contributed by atoms with Crippen LogP contribution in [-0.2, 0) is 11.2 Å². The highest BCUT2D eigenvalue weighted by Gasteiger charge is 2.24. The maximum absolute atomic E-state index is 12.4. The molecule has 1 saturated heterocycles. The van der Waals surface area contributed by atoms with Gasteiger partial charge >= 0.3 is 0 Å². The summed E-state index contributed by atoms with van der Waals surface area (Å²) in [6, 6.07) is 10.1. The van der Waals surface area contributed by atoms with Crippen molar-refractivity contribution >= 4 is 11.8 Å². The summed E-state index contributed by atoms with van der Waals surface area (Å²) in [4.78, 5) is 31.2. The van der Waals surface area contributed by atoms with Crippen LogP contribution in [0, 0.1) is 6.92 Å². The molecule has 0 unspecified atom stereocenters. The normalized spacial score (nSPS) is 14.7. The van der Waals surface area contributed by atoms with Crippen molar-refractivity contribution in [3.63, 3.8) is 0 Å². The van der Waals surface area contributed by atoms with Gasteiger partial charge in [-0.25, -0.2) is 0 Å². The molecule has 0 spiro atoms. The largest absolute Gasteiger partial charge is 0.367 e. The maximum Gasteiger partial charge on any atom is 0.255 e. The van der Waals surface area contributed by atoms with Gasteiger partial charge in [0.2, 0.25) is 5.91 Å². The number of amides is 2. The Labute approximate surface area is 142 Å². The monoisotopic (exact) mass is 325 g/mol. The lowest BCUT2D eigenvalue weighted by atomic mass is 10.1. The number of carbonyl (C=O) groups excluding carboxylic acids is 2. The van der Waals surface area contributed by atoms with E-state index in [0.29, 0.717) is 38.2 Å². The lowest BCUT2D eigenvalue weighted by Crippen LogP contribution is -2.50. The second-order valence-corrected chi connectivity index (χ2v) is 6.26. The molecule has 126 valence electrons. The third-order valence-corrected chi connectivity index (χ3v) is 4.51. The number of piperazine rings is 1. The molecule has 0 saturated carbocycles. The molecule has 1 aromatic carbocycles. The van der Waals surface area contributed by atoms with Crippen molar-refractivity contribution in [2.75, 3.05) is 26.2 Å². The van der Waals surface area contributed by atoms with E-state index in [9.17, 15) is 9.59 Å². The van der Waals surface area contributed by atoms with E-state index in [0.717, 1.165) is 6.42 Å². The molecule has 1 N–H and O–H groups in total. The van der Waals surface area contributed by atoms with Crippen LogP contribution in [0.1, 0.15) is 27.9 Å². The van der Waals surface area contributed by atoms with Gasteiger partial charge in [-0.2, -0.15) is 0 Å². The Morgan fingerprint density at radius 1 is 1.00 bits per heavy atom. The Morgan fingerprint density at radius 3 is 2.29 bits per heavy atom. The molecule has 0 radical (unpaired) electrons. The van der Waals surface area contributed by atoms with E-state index in [-0.39, 0.29) is 11.8 Å². The first-order valence-electron chi connectivity index (χ1n) is 8.39. The van der Waals surface area contributed by atoms with Crippen LogP contribution in [0.5, 0.6) is 0 Å². The molecule has 0 aliphatic carbocycles. The molecule has 2 heterocycles. The van der Waals surface area contributed by atoms with Crippen LogP contribution < -0.4 is 0 Å². The number of aryl methyl sites for hydroxylation is 2. The van der Waals surface area contributed by atoms with Gasteiger partial charge in [0.25, 0.3) is 5.91 Å². The highest BCUT2D eigenvalue weighted by molar-refractivity contribution is 5.94. The van der Waals surface area contributed by atoms with Crippen LogP contribution in [0.4, 0.5) is 0 Å². The number of carbonyl (C=O) groups is 2. The van der Waals surface area contributed by atoms with Gasteiger partial charge in [-0.05, 0) is 25.0 Å². The number of rotatable bonds is 4. The van der Waals surface area contributed by atoms with Crippen LogP contribution in [0.2, 0.25) is 0 Å². The van der Waals surface area contributed by atoms with E-state index in [1.54, 1.807) is 18.5 Å². The summed E-state index contributed by atoms with van der Waals surface area (Å²) in [5.74, 6) is 0.201. The highest BCUT2D eigenvalue weighted by Crippen LogP contribution is 2.11. The maximum atomic E-state index is 12.4. The van der Waals surface area contributed by atoms with Crippen LogP contribution in [0.25, 0.3) is 0 Å². The van der Waals surface area contributed by atoms with Crippen molar-refractivity contribution in [2.24, 2.45) is 0 Å². The van der Waals surface area contributed by atoms with E-state index >= 15 is 0 Å². The number of aromatic amines is 1.